The van der Waals surface area contributed by atoms with Crippen molar-refractivity contribution < 1.29 is 9.59 Å². The number of carbonyl (C=O) groups excluding carboxylic acids is 2. The molecule has 2 aromatic rings. The lowest BCUT2D eigenvalue weighted by molar-refractivity contribution is -0.131. The maximum Gasteiger partial charge on any atom is 0.237 e. The van der Waals surface area contributed by atoms with Crippen LogP contribution in [-0.4, -0.2) is 60.2 Å². The lowest BCUT2D eigenvalue weighted by Gasteiger charge is -2.37. The van der Waals surface area contributed by atoms with Crippen LogP contribution in [0.4, 0.5) is 11.4 Å². The highest BCUT2D eigenvalue weighted by Gasteiger charge is 2.26. The molecular formula is C22H25ClN4O2S. The van der Waals surface area contributed by atoms with Crippen molar-refractivity contribution in [2.75, 3.05) is 48.3 Å². The number of nitrogens with zero attached hydrogens (tertiary/aromatic N) is 4. The topological polar surface area (TPSA) is 56.8 Å². The van der Waals surface area contributed by atoms with Gasteiger partial charge in [-0.1, -0.05) is 29.4 Å². The molecule has 30 heavy (non-hydrogen) atoms. The smallest absolute Gasteiger partial charge is 0.237 e. The fraction of sp³-hybridized carbons (Fsp3) is 0.409. The normalized spacial score (nSPS) is 16.6. The molecule has 0 N–H and O–H groups in total. The first-order chi connectivity index (χ1) is 14.5. The summed E-state index contributed by atoms with van der Waals surface area (Å²) < 4.78 is 0. The number of aryl methyl sites for hydroxylation is 1. The van der Waals surface area contributed by atoms with E-state index in [1.807, 2.05) is 35.2 Å². The molecule has 1 aromatic heterocycles. The van der Waals surface area contributed by atoms with E-state index < -0.39 is 0 Å². The van der Waals surface area contributed by atoms with Gasteiger partial charge in [-0.15, -0.1) is 0 Å². The zero-order valence-corrected chi connectivity index (χ0v) is 18.6. The van der Waals surface area contributed by atoms with Crippen molar-refractivity contribution in [2.24, 2.45) is 0 Å². The summed E-state index contributed by atoms with van der Waals surface area (Å²) in [4.78, 5) is 35.4. The first kappa shape index (κ1) is 21.0. The first-order valence-electron chi connectivity index (χ1n) is 10.2. The van der Waals surface area contributed by atoms with E-state index in [1.54, 1.807) is 11.1 Å². The standard InChI is InChI=1S/C22H25ClN4O2S/c1-16-6-7-17(23)14-19(16)25-10-12-26(13-11-25)20(28)5-3-9-27-18-4-2-8-24-22(18)30-15-21(27)29/h2,4,6-8,14H,3,5,9-13,15H2,1H3. The van der Waals surface area contributed by atoms with E-state index in [-0.39, 0.29) is 11.8 Å². The van der Waals surface area contributed by atoms with Gasteiger partial charge in [0.15, 0.2) is 0 Å². The van der Waals surface area contributed by atoms with Crippen LogP contribution in [-0.2, 0) is 9.59 Å². The summed E-state index contributed by atoms with van der Waals surface area (Å²) in [5.41, 5.74) is 3.19. The molecule has 8 heteroatoms. The number of pyridine rings is 1. The van der Waals surface area contributed by atoms with Crippen LogP contribution in [0, 0.1) is 6.92 Å². The molecule has 2 aliphatic rings. The van der Waals surface area contributed by atoms with Crippen molar-refractivity contribution >= 4 is 46.6 Å². The number of piperazine rings is 1. The third-order valence-corrected chi connectivity index (χ3v) is 6.81. The maximum absolute atomic E-state index is 12.7. The number of benzene rings is 1. The van der Waals surface area contributed by atoms with E-state index in [0.717, 1.165) is 34.5 Å². The third kappa shape index (κ3) is 4.57. The minimum atomic E-state index is 0.0819. The molecule has 3 heterocycles. The number of carbonyl (C=O) groups is 2. The van der Waals surface area contributed by atoms with Gasteiger partial charge in [0.1, 0.15) is 5.03 Å². The van der Waals surface area contributed by atoms with Gasteiger partial charge in [0.2, 0.25) is 11.8 Å². The highest BCUT2D eigenvalue weighted by atomic mass is 35.5. The molecule has 0 radical (unpaired) electrons. The summed E-state index contributed by atoms with van der Waals surface area (Å²) in [7, 11) is 0. The van der Waals surface area contributed by atoms with Crippen molar-refractivity contribution in [3.8, 4) is 0 Å². The average Bonchev–Trinajstić information content (AvgIpc) is 2.77. The molecule has 1 saturated heterocycles. The molecule has 1 fully saturated rings. The summed E-state index contributed by atoms with van der Waals surface area (Å²) in [6.07, 6.45) is 2.84. The number of hydrogen-bond donors (Lipinski definition) is 0. The Morgan fingerprint density at radius 3 is 2.77 bits per heavy atom. The zero-order chi connectivity index (χ0) is 21.1. The highest BCUT2D eigenvalue weighted by molar-refractivity contribution is 8.00. The van der Waals surface area contributed by atoms with Crippen molar-refractivity contribution in [3.63, 3.8) is 0 Å². The fourth-order valence-corrected chi connectivity index (χ4v) is 5.00. The number of fused-ring (bicyclic) bond motifs is 1. The van der Waals surface area contributed by atoms with E-state index in [2.05, 4.69) is 16.8 Å². The van der Waals surface area contributed by atoms with Crippen LogP contribution >= 0.6 is 23.4 Å². The Balaban J connectivity index is 1.28. The number of hydrogen-bond acceptors (Lipinski definition) is 5. The van der Waals surface area contributed by atoms with Gasteiger partial charge in [-0.05, 0) is 43.2 Å². The second kappa shape index (κ2) is 9.27. The third-order valence-electron chi connectivity index (χ3n) is 5.59. The van der Waals surface area contributed by atoms with Crippen molar-refractivity contribution in [1.82, 2.24) is 9.88 Å². The van der Waals surface area contributed by atoms with Crippen LogP contribution in [0.15, 0.2) is 41.6 Å². The number of rotatable bonds is 5. The van der Waals surface area contributed by atoms with Gasteiger partial charge in [0, 0.05) is 56.1 Å². The molecule has 0 saturated carbocycles. The molecule has 158 valence electrons. The van der Waals surface area contributed by atoms with Gasteiger partial charge in [-0.25, -0.2) is 4.98 Å². The van der Waals surface area contributed by atoms with Gasteiger partial charge in [-0.2, -0.15) is 0 Å². The van der Waals surface area contributed by atoms with Crippen LogP contribution in [0.25, 0.3) is 0 Å². The van der Waals surface area contributed by atoms with E-state index in [9.17, 15) is 9.59 Å². The van der Waals surface area contributed by atoms with Crippen LogP contribution in [0.1, 0.15) is 18.4 Å². The summed E-state index contributed by atoms with van der Waals surface area (Å²) >= 11 is 7.63. The van der Waals surface area contributed by atoms with Crippen LogP contribution in [0.5, 0.6) is 0 Å². The predicted octanol–water partition coefficient (Wildman–Crippen LogP) is 3.61. The molecule has 4 rings (SSSR count). The minimum Gasteiger partial charge on any atom is -0.368 e. The minimum absolute atomic E-state index is 0.0819. The fourth-order valence-electron chi connectivity index (χ4n) is 3.95. The molecule has 2 amide bonds. The van der Waals surface area contributed by atoms with E-state index in [4.69, 9.17) is 11.6 Å². The summed E-state index contributed by atoms with van der Waals surface area (Å²) in [5, 5.41) is 1.62. The average molecular weight is 445 g/mol. The summed E-state index contributed by atoms with van der Waals surface area (Å²) in [6, 6.07) is 9.70. The molecule has 0 spiro atoms. The Morgan fingerprint density at radius 2 is 1.97 bits per heavy atom. The van der Waals surface area contributed by atoms with Gasteiger partial charge in [0.25, 0.3) is 0 Å². The quantitative estimate of drug-likeness (QED) is 0.705. The molecule has 2 aliphatic heterocycles. The van der Waals surface area contributed by atoms with Gasteiger partial charge < -0.3 is 14.7 Å². The Labute approximate surface area is 186 Å². The Morgan fingerprint density at radius 1 is 1.17 bits per heavy atom. The molecule has 0 aliphatic carbocycles. The highest BCUT2D eigenvalue weighted by Crippen LogP contribution is 2.33. The Hall–Kier alpha value is -2.25. The van der Waals surface area contributed by atoms with Crippen molar-refractivity contribution in [1.29, 1.82) is 0 Å². The summed E-state index contributed by atoms with van der Waals surface area (Å²) in [5.74, 6) is 0.643. The maximum atomic E-state index is 12.7. The molecule has 0 atom stereocenters. The molecule has 6 nitrogen and oxygen atoms in total. The van der Waals surface area contributed by atoms with Crippen LogP contribution in [0.3, 0.4) is 0 Å². The molecule has 1 aromatic carbocycles. The Kier molecular flexibility index (Phi) is 6.49. The van der Waals surface area contributed by atoms with Crippen LogP contribution in [0.2, 0.25) is 5.02 Å². The number of thioether (sulfide) groups is 1. The van der Waals surface area contributed by atoms with Crippen LogP contribution < -0.4 is 9.80 Å². The van der Waals surface area contributed by atoms with E-state index in [0.29, 0.717) is 38.2 Å². The zero-order valence-electron chi connectivity index (χ0n) is 17.0. The second-order valence-corrected chi connectivity index (χ2v) is 8.96. The lowest BCUT2D eigenvalue weighted by Crippen LogP contribution is -2.49. The molecular weight excluding hydrogens is 420 g/mol. The first-order valence-corrected chi connectivity index (χ1v) is 11.6. The largest absolute Gasteiger partial charge is 0.368 e. The molecule has 0 unspecified atom stereocenters. The Bertz CT molecular complexity index is 946. The number of halogens is 1. The van der Waals surface area contributed by atoms with Gasteiger partial charge in [-0.3, -0.25) is 9.59 Å². The molecule has 0 bridgehead atoms. The van der Waals surface area contributed by atoms with Gasteiger partial charge in [0.05, 0.1) is 11.4 Å². The lowest BCUT2D eigenvalue weighted by atomic mass is 10.1. The summed E-state index contributed by atoms with van der Waals surface area (Å²) in [6.45, 7) is 5.64. The predicted molar refractivity (Wildman–Crippen MR) is 122 cm³/mol. The number of aromatic nitrogens is 1. The van der Waals surface area contributed by atoms with Crippen molar-refractivity contribution in [2.45, 2.75) is 24.8 Å². The van der Waals surface area contributed by atoms with E-state index in [1.165, 1.54) is 17.3 Å². The van der Waals surface area contributed by atoms with E-state index >= 15 is 0 Å². The monoisotopic (exact) mass is 444 g/mol. The SMILES string of the molecule is Cc1ccc(Cl)cc1N1CCN(C(=O)CCCN2C(=O)CSc3ncccc32)CC1. The number of amides is 2. The van der Waals surface area contributed by atoms with Gasteiger partial charge >= 0.3 is 0 Å². The number of anilines is 2. The second-order valence-electron chi connectivity index (χ2n) is 7.56. The van der Waals surface area contributed by atoms with Crippen molar-refractivity contribution in [3.05, 3.63) is 47.1 Å².